The smallest absolute Gasteiger partial charge is 0.234 e. The highest BCUT2D eigenvalue weighted by Gasteiger charge is 2.27. The maximum atomic E-state index is 11.7. The van der Waals surface area contributed by atoms with Gasteiger partial charge in [0.2, 0.25) is 5.91 Å². The number of rotatable bonds is 1. The summed E-state index contributed by atoms with van der Waals surface area (Å²) in [4.78, 5) is 12.9. The highest BCUT2D eigenvalue weighted by Crippen LogP contribution is 2.44. The fraction of sp³-hybridized carbons (Fsp3) is 0.333. The molecule has 0 radical (unpaired) electrons. The molecule has 1 aliphatic rings. The lowest BCUT2D eigenvalue weighted by molar-refractivity contribution is -0.113. The van der Waals surface area contributed by atoms with E-state index in [2.05, 4.69) is 17.3 Å². The van der Waals surface area contributed by atoms with Crippen LogP contribution >= 0.6 is 23.1 Å². The first kappa shape index (κ1) is 11.8. The summed E-state index contributed by atoms with van der Waals surface area (Å²) in [7, 11) is 1.94. The average Bonchev–Trinajstić information content (AvgIpc) is 2.88. The summed E-state index contributed by atoms with van der Waals surface area (Å²) in [5.74, 6) is 0.559. The Hall–Kier alpha value is -1.27. The van der Waals surface area contributed by atoms with E-state index in [1.54, 1.807) is 23.1 Å². The van der Waals surface area contributed by atoms with Crippen LogP contribution in [0.3, 0.4) is 0 Å². The van der Waals surface area contributed by atoms with Crippen molar-refractivity contribution in [2.45, 2.75) is 12.2 Å². The molecule has 0 fully saturated rings. The maximum absolute atomic E-state index is 11.7. The molecule has 1 aliphatic heterocycles. The van der Waals surface area contributed by atoms with Gasteiger partial charge in [-0.15, -0.1) is 23.1 Å². The molecule has 1 atom stereocenters. The van der Waals surface area contributed by atoms with Crippen LogP contribution in [0.5, 0.6) is 0 Å². The third kappa shape index (κ3) is 1.85. The van der Waals surface area contributed by atoms with Gasteiger partial charge >= 0.3 is 0 Å². The molecule has 0 aromatic carbocycles. The summed E-state index contributed by atoms with van der Waals surface area (Å²) < 4.78 is 1.88. The van der Waals surface area contributed by atoms with E-state index in [-0.39, 0.29) is 11.2 Å². The van der Waals surface area contributed by atoms with E-state index in [0.717, 1.165) is 11.4 Å². The van der Waals surface area contributed by atoms with Crippen molar-refractivity contribution in [3.8, 4) is 0 Å². The molecule has 18 heavy (non-hydrogen) atoms. The molecule has 0 aliphatic carbocycles. The molecule has 2 aromatic heterocycles. The molecule has 0 saturated heterocycles. The van der Waals surface area contributed by atoms with Crippen LogP contribution in [0.25, 0.3) is 0 Å². The molecule has 0 saturated carbocycles. The molecule has 4 nitrogen and oxygen atoms in total. The second-order valence-electron chi connectivity index (χ2n) is 4.25. The van der Waals surface area contributed by atoms with Crippen molar-refractivity contribution in [1.29, 1.82) is 0 Å². The van der Waals surface area contributed by atoms with Crippen molar-refractivity contribution >= 4 is 34.7 Å². The number of nitrogens with one attached hydrogen (secondary N) is 1. The maximum Gasteiger partial charge on any atom is 0.234 e. The Morgan fingerprint density at radius 2 is 2.39 bits per heavy atom. The molecular formula is C12H13N3OS2. The Bertz CT molecular complexity index is 602. The summed E-state index contributed by atoms with van der Waals surface area (Å²) in [6.07, 6.45) is 1.91. The van der Waals surface area contributed by atoms with E-state index in [4.69, 9.17) is 0 Å². The topological polar surface area (TPSA) is 46.9 Å². The van der Waals surface area contributed by atoms with E-state index in [9.17, 15) is 4.79 Å². The van der Waals surface area contributed by atoms with E-state index in [0.29, 0.717) is 5.75 Å². The van der Waals surface area contributed by atoms with Crippen molar-refractivity contribution in [3.63, 3.8) is 0 Å². The van der Waals surface area contributed by atoms with Crippen molar-refractivity contribution in [3.05, 3.63) is 33.8 Å². The summed E-state index contributed by atoms with van der Waals surface area (Å²) in [5, 5.41) is 9.48. The van der Waals surface area contributed by atoms with Gasteiger partial charge in [0, 0.05) is 23.2 Å². The zero-order valence-electron chi connectivity index (χ0n) is 10.1. The Kier molecular flexibility index (Phi) is 2.91. The van der Waals surface area contributed by atoms with Crippen molar-refractivity contribution in [2.24, 2.45) is 7.05 Å². The van der Waals surface area contributed by atoms with Gasteiger partial charge in [-0.25, -0.2) is 0 Å². The molecule has 3 rings (SSSR count). The van der Waals surface area contributed by atoms with Crippen LogP contribution in [-0.2, 0) is 11.8 Å². The number of carbonyl (C=O) groups is 1. The molecule has 0 bridgehead atoms. The van der Waals surface area contributed by atoms with Crippen LogP contribution in [0, 0.1) is 6.92 Å². The first-order valence-electron chi connectivity index (χ1n) is 5.64. The second kappa shape index (κ2) is 4.44. The number of aryl methyl sites for hydroxylation is 1. The van der Waals surface area contributed by atoms with Gasteiger partial charge in [-0.2, -0.15) is 5.10 Å². The predicted octanol–water partition coefficient (Wildman–Crippen LogP) is 2.56. The fourth-order valence-electron chi connectivity index (χ4n) is 2.05. The Balaban J connectivity index is 2.08. The van der Waals surface area contributed by atoms with Gasteiger partial charge in [0.05, 0.1) is 22.9 Å². The number of thioether (sulfide) groups is 1. The van der Waals surface area contributed by atoms with Crippen LogP contribution in [0.4, 0.5) is 5.69 Å². The lowest BCUT2D eigenvalue weighted by Gasteiger charge is -2.13. The zero-order valence-corrected chi connectivity index (χ0v) is 11.8. The summed E-state index contributed by atoms with van der Waals surface area (Å²) in [6.45, 7) is 2.07. The molecule has 6 heteroatoms. The number of hydrogen-bond donors (Lipinski definition) is 1. The van der Waals surface area contributed by atoms with E-state index >= 15 is 0 Å². The number of hydrogen-bond acceptors (Lipinski definition) is 4. The molecule has 1 N–H and O–H groups in total. The van der Waals surface area contributed by atoms with E-state index in [1.165, 1.54) is 10.4 Å². The van der Waals surface area contributed by atoms with Crippen LogP contribution in [-0.4, -0.2) is 21.4 Å². The molecule has 2 aromatic rings. The van der Waals surface area contributed by atoms with E-state index < -0.39 is 0 Å². The fourth-order valence-corrected chi connectivity index (χ4v) is 4.35. The largest absolute Gasteiger partial charge is 0.324 e. The molecule has 94 valence electrons. The SMILES string of the molecule is Cc1c([C@H]2SCC(=O)Nc3ccsc32)cnn1C. The lowest BCUT2D eigenvalue weighted by atomic mass is 10.1. The first-order chi connectivity index (χ1) is 8.66. The quantitative estimate of drug-likeness (QED) is 0.872. The van der Waals surface area contributed by atoms with E-state index in [1.807, 2.05) is 29.4 Å². The first-order valence-corrected chi connectivity index (χ1v) is 7.57. The molecule has 0 unspecified atom stereocenters. The Morgan fingerprint density at radius 3 is 3.11 bits per heavy atom. The van der Waals surface area contributed by atoms with Crippen LogP contribution in [0.2, 0.25) is 0 Å². The Labute approximate surface area is 113 Å². The third-order valence-corrected chi connectivity index (χ3v) is 5.53. The van der Waals surface area contributed by atoms with Gasteiger partial charge in [0.25, 0.3) is 0 Å². The number of nitrogens with zero attached hydrogens (tertiary/aromatic N) is 2. The number of amides is 1. The standard InChI is InChI=1S/C12H13N3OS2/c1-7-8(5-13-15(7)2)11-12-9(3-4-17-12)14-10(16)6-18-11/h3-5,11H,6H2,1-2H3,(H,14,16)/t11-/m1/s1. The molecule has 0 spiro atoms. The van der Waals surface area contributed by atoms with Crippen LogP contribution < -0.4 is 5.32 Å². The van der Waals surface area contributed by atoms with Crippen LogP contribution in [0.1, 0.15) is 21.4 Å². The zero-order chi connectivity index (χ0) is 12.7. The number of thiophene rings is 1. The van der Waals surface area contributed by atoms with Crippen LogP contribution in [0.15, 0.2) is 17.6 Å². The minimum atomic E-state index is 0.0729. The molecular weight excluding hydrogens is 266 g/mol. The van der Waals surface area contributed by atoms with Gasteiger partial charge in [0.15, 0.2) is 0 Å². The summed E-state index contributed by atoms with van der Waals surface area (Å²) in [5.41, 5.74) is 3.30. The van der Waals surface area contributed by atoms with Gasteiger partial charge in [-0.3, -0.25) is 9.48 Å². The second-order valence-corrected chi connectivity index (χ2v) is 6.29. The molecule has 3 heterocycles. The van der Waals surface area contributed by atoms with Gasteiger partial charge in [-0.1, -0.05) is 0 Å². The van der Waals surface area contributed by atoms with Gasteiger partial charge in [0.1, 0.15) is 0 Å². The summed E-state index contributed by atoms with van der Waals surface area (Å²) in [6, 6.07) is 1.97. The van der Waals surface area contributed by atoms with Gasteiger partial charge in [-0.05, 0) is 18.4 Å². The number of anilines is 1. The highest BCUT2D eigenvalue weighted by atomic mass is 32.2. The predicted molar refractivity (Wildman–Crippen MR) is 75.2 cm³/mol. The normalized spacial score (nSPS) is 19.2. The minimum Gasteiger partial charge on any atom is -0.324 e. The van der Waals surface area contributed by atoms with Crippen molar-refractivity contribution in [1.82, 2.24) is 9.78 Å². The highest BCUT2D eigenvalue weighted by molar-refractivity contribution is 8.00. The summed E-state index contributed by atoms with van der Waals surface area (Å²) >= 11 is 3.35. The molecule has 1 amide bonds. The van der Waals surface area contributed by atoms with Crippen molar-refractivity contribution in [2.75, 3.05) is 11.1 Å². The monoisotopic (exact) mass is 279 g/mol. The number of fused-ring (bicyclic) bond motifs is 1. The third-order valence-electron chi connectivity index (χ3n) is 3.14. The van der Waals surface area contributed by atoms with Gasteiger partial charge < -0.3 is 5.32 Å². The minimum absolute atomic E-state index is 0.0729. The Morgan fingerprint density at radius 1 is 1.56 bits per heavy atom. The van der Waals surface area contributed by atoms with Crippen molar-refractivity contribution < 1.29 is 4.79 Å². The lowest BCUT2D eigenvalue weighted by Crippen LogP contribution is -2.11. The average molecular weight is 279 g/mol. The number of carbonyl (C=O) groups excluding carboxylic acids is 1. The number of aromatic nitrogens is 2.